The highest BCUT2D eigenvalue weighted by Crippen LogP contribution is 2.17. The maximum atomic E-state index is 10.4. The predicted molar refractivity (Wildman–Crippen MR) is 88.1 cm³/mol. The van der Waals surface area contributed by atoms with Crippen LogP contribution in [0.2, 0.25) is 0 Å². The lowest BCUT2D eigenvalue weighted by atomic mass is 10.3. The number of nitrogens with one attached hydrogen (secondary N) is 2. The first-order chi connectivity index (χ1) is 10.4. The number of thiophene rings is 1. The number of hydrogen-bond donors (Lipinski definition) is 2. The van der Waals surface area contributed by atoms with Crippen molar-refractivity contribution in [2.24, 2.45) is 0 Å². The van der Waals surface area contributed by atoms with Gasteiger partial charge >= 0.3 is 0 Å². The molecule has 1 aromatic rings. The Labute approximate surface area is 135 Å². The largest absolute Gasteiger partial charge is 0.372 e. The van der Waals surface area contributed by atoms with E-state index < -0.39 is 4.92 Å². The average Bonchev–Trinajstić information content (AvgIpc) is 2.87. The summed E-state index contributed by atoms with van der Waals surface area (Å²) in [6, 6.07) is 2.15. The first-order valence-electron chi connectivity index (χ1n) is 7.00. The zero-order valence-corrected chi connectivity index (χ0v) is 14.3. The Balaban J connectivity index is 2.35. The van der Waals surface area contributed by atoms with Gasteiger partial charge in [-0.25, -0.2) is 0 Å². The molecule has 0 amide bonds. The molecule has 8 heteroatoms. The smallest absolute Gasteiger partial charge is 0.274 e. The van der Waals surface area contributed by atoms with Crippen LogP contribution in [0, 0.1) is 10.1 Å². The molecule has 0 saturated carbocycles. The molecule has 1 aromatic heterocycles. The minimum atomic E-state index is -0.498. The maximum absolute atomic E-state index is 10.4. The van der Waals surface area contributed by atoms with Gasteiger partial charge in [0.15, 0.2) is 5.82 Å². The molecule has 0 aromatic carbocycles. The Hall–Kier alpha value is -1.64. The molecule has 0 aliphatic heterocycles. The third-order valence-electron chi connectivity index (χ3n) is 2.80. The molecule has 0 aliphatic carbocycles. The molecule has 0 spiro atoms. The van der Waals surface area contributed by atoms with E-state index in [1.807, 2.05) is 21.0 Å². The van der Waals surface area contributed by atoms with Gasteiger partial charge in [-0.05, 0) is 38.0 Å². The Kier molecular flexibility index (Phi) is 7.86. The van der Waals surface area contributed by atoms with Gasteiger partial charge in [0.2, 0.25) is 0 Å². The number of ether oxygens (including phenoxy) is 1. The summed E-state index contributed by atoms with van der Waals surface area (Å²) in [7, 11) is 5.72. The molecule has 1 heterocycles. The van der Waals surface area contributed by atoms with Gasteiger partial charge < -0.3 is 20.3 Å². The fraction of sp³-hybridized carbons (Fsp3) is 0.571. The van der Waals surface area contributed by atoms with Crippen molar-refractivity contribution in [1.29, 1.82) is 0 Å². The van der Waals surface area contributed by atoms with Crippen LogP contribution in [-0.2, 0) is 17.9 Å². The van der Waals surface area contributed by atoms with Crippen LogP contribution < -0.4 is 10.6 Å². The van der Waals surface area contributed by atoms with Gasteiger partial charge in [0.1, 0.15) is 0 Å². The van der Waals surface area contributed by atoms with Gasteiger partial charge in [0, 0.05) is 25.0 Å². The fourth-order valence-corrected chi connectivity index (χ4v) is 2.74. The summed E-state index contributed by atoms with van der Waals surface area (Å²) >= 11 is 1.73. The van der Waals surface area contributed by atoms with Crippen LogP contribution >= 0.6 is 11.3 Å². The first kappa shape index (κ1) is 18.4. The second kappa shape index (κ2) is 9.39. The summed E-state index contributed by atoms with van der Waals surface area (Å²) in [5.41, 5.74) is 1.16. The lowest BCUT2D eigenvalue weighted by Gasteiger charge is -2.15. The summed E-state index contributed by atoms with van der Waals surface area (Å²) in [5.74, 6) is 0.365. The molecule has 124 valence electrons. The fourth-order valence-electron chi connectivity index (χ4n) is 1.75. The highest BCUT2D eigenvalue weighted by atomic mass is 32.1. The quantitative estimate of drug-likeness (QED) is 0.502. The van der Waals surface area contributed by atoms with Gasteiger partial charge in [-0.3, -0.25) is 10.1 Å². The van der Waals surface area contributed by atoms with Crippen molar-refractivity contribution in [1.82, 2.24) is 15.5 Å². The lowest BCUT2D eigenvalue weighted by molar-refractivity contribution is -0.404. The van der Waals surface area contributed by atoms with Gasteiger partial charge in [0.25, 0.3) is 6.20 Å². The summed E-state index contributed by atoms with van der Waals surface area (Å²) < 4.78 is 5.75. The number of rotatable bonds is 10. The van der Waals surface area contributed by atoms with E-state index in [0.29, 0.717) is 19.0 Å². The van der Waals surface area contributed by atoms with E-state index in [1.165, 1.54) is 4.88 Å². The zero-order chi connectivity index (χ0) is 16.5. The molecule has 1 rings (SSSR count). The van der Waals surface area contributed by atoms with Gasteiger partial charge in [-0.1, -0.05) is 0 Å². The van der Waals surface area contributed by atoms with Crippen LogP contribution in [0.4, 0.5) is 0 Å². The summed E-state index contributed by atoms with van der Waals surface area (Å²) in [5, 5.41) is 18.2. The topological polar surface area (TPSA) is 79.7 Å². The molecule has 2 N–H and O–H groups in total. The Morgan fingerprint density at radius 3 is 2.91 bits per heavy atom. The van der Waals surface area contributed by atoms with Crippen molar-refractivity contribution in [3.63, 3.8) is 0 Å². The monoisotopic (exact) mass is 328 g/mol. The van der Waals surface area contributed by atoms with Crippen LogP contribution in [-0.4, -0.2) is 43.6 Å². The minimum Gasteiger partial charge on any atom is -0.372 e. The lowest BCUT2D eigenvalue weighted by Crippen LogP contribution is -2.31. The molecule has 1 atom stereocenters. The molecule has 1 unspecified atom stereocenters. The summed E-state index contributed by atoms with van der Waals surface area (Å²) in [6.07, 6.45) is 0.847. The van der Waals surface area contributed by atoms with Crippen molar-refractivity contribution in [3.8, 4) is 0 Å². The molecule has 0 fully saturated rings. The van der Waals surface area contributed by atoms with E-state index in [2.05, 4.69) is 27.0 Å². The van der Waals surface area contributed by atoms with Gasteiger partial charge in [0.05, 0.1) is 17.6 Å². The number of nitrogens with zero attached hydrogens (tertiary/aromatic N) is 2. The highest BCUT2D eigenvalue weighted by molar-refractivity contribution is 7.10. The molecule has 22 heavy (non-hydrogen) atoms. The molecule has 7 nitrogen and oxygen atoms in total. The zero-order valence-electron chi connectivity index (χ0n) is 13.5. The van der Waals surface area contributed by atoms with Gasteiger partial charge in [-0.2, -0.15) is 0 Å². The second-order valence-electron chi connectivity index (χ2n) is 5.24. The molecule has 0 saturated heterocycles. The average molecular weight is 328 g/mol. The van der Waals surface area contributed by atoms with Crippen molar-refractivity contribution < 1.29 is 9.66 Å². The minimum absolute atomic E-state index is 0.0549. The van der Waals surface area contributed by atoms with E-state index in [1.54, 1.807) is 18.4 Å². The number of hydrogen-bond acceptors (Lipinski definition) is 7. The third kappa shape index (κ3) is 7.39. The Bertz CT molecular complexity index is 502. The van der Waals surface area contributed by atoms with E-state index in [9.17, 15) is 10.1 Å². The van der Waals surface area contributed by atoms with Crippen LogP contribution in [0.15, 0.2) is 23.5 Å². The normalized spacial score (nSPS) is 13.2. The van der Waals surface area contributed by atoms with Crippen molar-refractivity contribution in [3.05, 3.63) is 44.0 Å². The van der Waals surface area contributed by atoms with Crippen LogP contribution in [0.25, 0.3) is 0 Å². The SMILES string of the molecule is CNC(=C[N+](=O)[O-])NCC(C)OCc1csc(CN(C)C)c1. The van der Waals surface area contributed by atoms with E-state index >= 15 is 0 Å². The summed E-state index contributed by atoms with van der Waals surface area (Å²) in [4.78, 5) is 13.4. The molecular formula is C14H24N4O3S. The first-order valence-corrected chi connectivity index (χ1v) is 7.88. The highest BCUT2D eigenvalue weighted by Gasteiger charge is 2.07. The predicted octanol–water partition coefficient (Wildman–Crippen LogP) is 1.60. The van der Waals surface area contributed by atoms with E-state index in [-0.39, 0.29) is 6.10 Å². The Morgan fingerprint density at radius 1 is 1.59 bits per heavy atom. The van der Waals surface area contributed by atoms with Crippen LogP contribution in [0.5, 0.6) is 0 Å². The molecular weight excluding hydrogens is 304 g/mol. The molecule has 0 aliphatic rings. The van der Waals surface area contributed by atoms with Crippen LogP contribution in [0.3, 0.4) is 0 Å². The standard InChI is InChI=1S/C14H24N4O3S/c1-11(6-16-14(15-2)8-18(19)20)21-9-12-5-13(22-10-12)7-17(3)4/h5,8,10-11,15-16H,6-7,9H2,1-4H3. The Morgan fingerprint density at radius 2 is 2.32 bits per heavy atom. The van der Waals surface area contributed by atoms with Crippen LogP contribution in [0.1, 0.15) is 17.4 Å². The second-order valence-corrected chi connectivity index (χ2v) is 6.24. The molecule has 0 radical (unpaired) electrons. The third-order valence-corrected chi connectivity index (χ3v) is 3.77. The van der Waals surface area contributed by atoms with E-state index in [0.717, 1.165) is 18.3 Å². The van der Waals surface area contributed by atoms with Crippen molar-refractivity contribution in [2.45, 2.75) is 26.2 Å². The van der Waals surface area contributed by atoms with Crippen molar-refractivity contribution in [2.75, 3.05) is 27.7 Å². The van der Waals surface area contributed by atoms with Gasteiger partial charge in [-0.15, -0.1) is 11.3 Å². The summed E-state index contributed by atoms with van der Waals surface area (Å²) in [6.45, 7) is 3.90. The van der Waals surface area contributed by atoms with E-state index in [4.69, 9.17) is 4.74 Å². The maximum Gasteiger partial charge on any atom is 0.274 e. The number of nitro groups is 1. The molecule has 0 bridgehead atoms. The van der Waals surface area contributed by atoms with Crippen molar-refractivity contribution >= 4 is 11.3 Å².